The number of benzene rings is 2. The molecule has 0 bridgehead atoms. The number of rotatable bonds is 6. The highest BCUT2D eigenvalue weighted by Gasteiger charge is 2.24. The fourth-order valence-electron chi connectivity index (χ4n) is 4.39. The van der Waals surface area contributed by atoms with Crippen molar-refractivity contribution in [3.05, 3.63) is 70.3 Å². The van der Waals surface area contributed by atoms with Crippen molar-refractivity contribution in [3.63, 3.8) is 0 Å². The summed E-state index contributed by atoms with van der Waals surface area (Å²) in [7, 11) is 1.98. The number of halogens is 1. The molecule has 1 fully saturated rings. The fourth-order valence-corrected chi connectivity index (χ4v) is 4.57. The fraction of sp³-hybridized carbons (Fsp3) is 0.375. The van der Waals surface area contributed by atoms with Crippen LogP contribution in [0, 0.1) is 0 Å². The average Bonchev–Trinajstić information content (AvgIpc) is 3.24. The molecule has 3 heterocycles. The lowest BCUT2D eigenvalue weighted by Crippen LogP contribution is -2.40. The molecule has 2 atom stereocenters. The van der Waals surface area contributed by atoms with Gasteiger partial charge < -0.3 is 25.3 Å². The Bertz CT molecular complexity index is 1180. The number of nitrogens with one attached hydrogen (secondary N) is 4. The Kier molecular flexibility index (Phi) is 6.66. The molecule has 2 aromatic carbocycles. The van der Waals surface area contributed by atoms with Gasteiger partial charge in [0, 0.05) is 42.0 Å². The van der Waals surface area contributed by atoms with Gasteiger partial charge in [-0.2, -0.15) is 0 Å². The summed E-state index contributed by atoms with van der Waals surface area (Å²) in [5.41, 5.74) is 2.33. The van der Waals surface area contributed by atoms with E-state index >= 15 is 0 Å². The molecule has 2 aliphatic heterocycles. The van der Waals surface area contributed by atoms with Gasteiger partial charge >= 0.3 is 0 Å². The lowest BCUT2D eigenvalue weighted by molar-refractivity contribution is 0.0925. The van der Waals surface area contributed by atoms with Gasteiger partial charge in [0.25, 0.3) is 5.91 Å². The second-order valence-electron chi connectivity index (χ2n) is 8.54. The summed E-state index contributed by atoms with van der Waals surface area (Å²) in [4.78, 5) is 13.0. The normalized spacial score (nSPS) is 19.7. The second kappa shape index (κ2) is 10.0. The zero-order chi connectivity index (χ0) is 23.5. The summed E-state index contributed by atoms with van der Waals surface area (Å²) in [5, 5.41) is 22.5. The number of ether oxygens (including phenoxy) is 1. The summed E-state index contributed by atoms with van der Waals surface area (Å²) in [6, 6.07) is 13.0. The van der Waals surface area contributed by atoms with Gasteiger partial charge in [0.15, 0.2) is 5.82 Å². The molecule has 4 N–H and O–H groups in total. The molecular formula is C24H28ClN7O2. The van der Waals surface area contributed by atoms with Crippen molar-refractivity contribution in [2.45, 2.75) is 31.5 Å². The minimum absolute atomic E-state index is 0.139. The molecule has 34 heavy (non-hydrogen) atoms. The smallest absolute Gasteiger partial charge is 0.251 e. The number of fused-ring (bicyclic) bond motifs is 1. The van der Waals surface area contributed by atoms with Gasteiger partial charge in [-0.15, -0.1) is 10.2 Å². The minimum atomic E-state index is -0.146. The second-order valence-corrected chi connectivity index (χ2v) is 8.97. The number of anilines is 1. The van der Waals surface area contributed by atoms with Crippen LogP contribution in [0.4, 0.5) is 5.69 Å². The highest BCUT2D eigenvalue weighted by Crippen LogP contribution is 2.34. The Balaban J connectivity index is 1.24. The lowest BCUT2D eigenvalue weighted by Gasteiger charge is -2.27. The van der Waals surface area contributed by atoms with Crippen molar-refractivity contribution in [1.29, 1.82) is 0 Å². The quantitative estimate of drug-likeness (QED) is 0.429. The van der Waals surface area contributed by atoms with E-state index in [-0.39, 0.29) is 18.0 Å². The molecule has 178 valence electrons. The zero-order valence-corrected chi connectivity index (χ0v) is 19.7. The molecule has 3 aromatic rings. The third kappa shape index (κ3) is 4.86. The van der Waals surface area contributed by atoms with E-state index in [1.165, 1.54) is 0 Å². The monoisotopic (exact) mass is 481 g/mol. The van der Waals surface area contributed by atoms with Crippen LogP contribution in [0.1, 0.15) is 52.5 Å². The maximum Gasteiger partial charge on any atom is 0.251 e. The Labute approximate surface area is 203 Å². The van der Waals surface area contributed by atoms with E-state index < -0.39 is 0 Å². The van der Waals surface area contributed by atoms with Crippen molar-refractivity contribution in [2.24, 2.45) is 7.05 Å². The molecular weight excluding hydrogens is 454 g/mol. The Morgan fingerprint density at radius 3 is 3.00 bits per heavy atom. The molecule has 0 radical (unpaired) electrons. The first kappa shape index (κ1) is 22.6. The molecule has 5 rings (SSSR count). The molecule has 0 saturated carbocycles. The summed E-state index contributed by atoms with van der Waals surface area (Å²) in [6.07, 6.45) is 1.66. The van der Waals surface area contributed by atoms with Crippen LogP contribution in [0.25, 0.3) is 0 Å². The van der Waals surface area contributed by atoms with Gasteiger partial charge in [-0.25, -0.2) is 0 Å². The van der Waals surface area contributed by atoms with E-state index in [1.807, 2.05) is 48.0 Å². The van der Waals surface area contributed by atoms with Crippen LogP contribution < -0.4 is 26.0 Å². The van der Waals surface area contributed by atoms with Crippen LogP contribution in [0.5, 0.6) is 5.75 Å². The van der Waals surface area contributed by atoms with Crippen LogP contribution in [-0.4, -0.2) is 40.5 Å². The van der Waals surface area contributed by atoms with Gasteiger partial charge in [-0.1, -0.05) is 17.7 Å². The van der Waals surface area contributed by atoms with E-state index in [0.717, 1.165) is 48.3 Å². The number of hydrogen-bond acceptors (Lipinski definition) is 7. The number of nitrogens with zero attached hydrogens (tertiary/aromatic N) is 3. The molecule has 1 saturated heterocycles. The highest BCUT2D eigenvalue weighted by atomic mass is 35.5. The maximum atomic E-state index is 13.0. The topological polar surface area (TPSA) is 105 Å². The number of amides is 1. The van der Waals surface area contributed by atoms with Crippen molar-refractivity contribution in [2.75, 3.05) is 25.1 Å². The average molecular weight is 482 g/mol. The minimum Gasteiger partial charge on any atom is -0.493 e. The van der Waals surface area contributed by atoms with Crippen LogP contribution in [0.2, 0.25) is 5.02 Å². The highest BCUT2D eigenvalue weighted by molar-refractivity contribution is 6.30. The van der Waals surface area contributed by atoms with Crippen molar-refractivity contribution in [1.82, 2.24) is 30.7 Å². The molecule has 10 heteroatoms. The van der Waals surface area contributed by atoms with Crippen molar-refractivity contribution >= 4 is 23.2 Å². The molecule has 9 nitrogen and oxygen atoms in total. The van der Waals surface area contributed by atoms with Crippen LogP contribution in [-0.2, 0) is 13.6 Å². The standard InChI is InChI=1S/C24H28ClN7O2/c1-32-22(30-31-23(32)20-7-9-26-14-28-20)13-27-17-4-2-3-15(11-17)24(33)29-19-8-10-34-21-6-5-16(25)12-18(19)21/h2-6,11-12,19-20,26-28H,7-10,13-14H2,1H3,(H,29,33)/t19-,20?/m0/s1. The molecule has 1 unspecified atom stereocenters. The first-order valence-corrected chi connectivity index (χ1v) is 11.9. The predicted octanol–water partition coefficient (Wildman–Crippen LogP) is 2.92. The molecule has 1 amide bonds. The van der Waals surface area contributed by atoms with Gasteiger partial charge in [-0.3, -0.25) is 10.1 Å². The Morgan fingerprint density at radius 1 is 1.24 bits per heavy atom. The van der Waals surface area contributed by atoms with Crippen LogP contribution in [0.3, 0.4) is 0 Å². The number of carbonyl (C=O) groups excluding carboxylic acids is 1. The largest absolute Gasteiger partial charge is 0.493 e. The Hall–Kier alpha value is -3.14. The maximum absolute atomic E-state index is 13.0. The van der Waals surface area contributed by atoms with E-state index in [0.29, 0.717) is 30.2 Å². The van der Waals surface area contributed by atoms with Gasteiger partial charge in [0.05, 0.1) is 25.2 Å². The van der Waals surface area contributed by atoms with Gasteiger partial charge in [0.1, 0.15) is 11.6 Å². The van der Waals surface area contributed by atoms with E-state index in [1.54, 1.807) is 6.07 Å². The van der Waals surface area contributed by atoms with E-state index in [2.05, 4.69) is 31.5 Å². The third-order valence-corrected chi connectivity index (χ3v) is 6.52. The molecule has 0 spiro atoms. The van der Waals surface area contributed by atoms with Crippen molar-refractivity contribution < 1.29 is 9.53 Å². The first-order chi connectivity index (χ1) is 16.6. The zero-order valence-electron chi connectivity index (χ0n) is 19.0. The van der Waals surface area contributed by atoms with Crippen LogP contribution >= 0.6 is 11.6 Å². The number of aromatic nitrogens is 3. The van der Waals surface area contributed by atoms with E-state index in [4.69, 9.17) is 16.3 Å². The molecule has 2 aliphatic rings. The third-order valence-electron chi connectivity index (χ3n) is 6.29. The molecule has 1 aromatic heterocycles. The first-order valence-electron chi connectivity index (χ1n) is 11.5. The number of hydrogen-bond donors (Lipinski definition) is 4. The molecule has 0 aliphatic carbocycles. The lowest BCUT2D eigenvalue weighted by atomic mass is 10.00. The predicted molar refractivity (Wildman–Crippen MR) is 130 cm³/mol. The SMILES string of the molecule is Cn1c(CNc2cccc(C(=O)N[C@H]3CCOc4ccc(Cl)cc43)c2)nnc1C1CCNCN1. The summed E-state index contributed by atoms with van der Waals surface area (Å²) in [5.74, 6) is 2.39. The number of carbonyl (C=O) groups is 1. The van der Waals surface area contributed by atoms with E-state index in [9.17, 15) is 4.79 Å². The van der Waals surface area contributed by atoms with Crippen molar-refractivity contribution in [3.8, 4) is 5.75 Å². The summed E-state index contributed by atoms with van der Waals surface area (Å²) < 4.78 is 7.73. The van der Waals surface area contributed by atoms with Gasteiger partial charge in [-0.05, 0) is 49.4 Å². The van der Waals surface area contributed by atoms with Crippen LogP contribution in [0.15, 0.2) is 42.5 Å². The van der Waals surface area contributed by atoms with Gasteiger partial charge in [0.2, 0.25) is 0 Å². The summed E-state index contributed by atoms with van der Waals surface area (Å²) in [6.45, 7) is 2.78. The summed E-state index contributed by atoms with van der Waals surface area (Å²) >= 11 is 6.16. The Morgan fingerprint density at radius 2 is 2.15 bits per heavy atom.